The summed E-state index contributed by atoms with van der Waals surface area (Å²) in [6.07, 6.45) is 2.05. The van der Waals surface area contributed by atoms with Crippen LogP contribution in [0.1, 0.15) is 35.9 Å². The standard InChI is InChI=1S/C15H17N3O3/c1-2-13-16-10-6-5-9(8-11(10)17-13)14(19)18-7-3-4-12(18)15(20)21/h5-6,8,12H,2-4,7H2,1H3,(H,16,17)(H,20,21). The molecule has 1 aliphatic heterocycles. The lowest BCUT2D eigenvalue weighted by molar-refractivity contribution is -0.141. The van der Waals surface area contributed by atoms with Crippen molar-refractivity contribution in [2.24, 2.45) is 0 Å². The Morgan fingerprint density at radius 3 is 3.00 bits per heavy atom. The molecule has 0 radical (unpaired) electrons. The Labute approximate surface area is 121 Å². The molecule has 1 unspecified atom stereocenters. The third-order valence-corrected chi connectivity index (χ3v) is 3.91. The number of carboxylic acid groups (broad SMARTS) is 1. The number of nitrogens with zero attached hydrogens (tertiary/aromatic N) is 2. The van der Waals surface area contributed by atoms with Crippen molar-refractivity contribution in [2.75, 3.05) is 6.54 Å². The zero-order valence-corrected chi connectivity index (χ0v) is 11.8. The molecule has 0 bridgehead atoms. The molecule has 6 heteroatoms. The summed E-state index contributed by atoms with van der Waals surface area (Å²) in [5.41, 5.74) is 2.13. The molecule has 0 spiro atoms. The number of likely N-dealkylation sites (tertiary alicyclic amines) is 1. The Bertz CT molecular complexity index is 707. The molecule has 1 aromatic heterocycles. The molecule has 1 atom stereocenters. The smallest absolute Gasteiger partial charge is 0.326 e. The van der Waals surface area contributed by atoms with Gasteiger partial charge in [-0.3, -0.25) is 4.79 Å². The van der Waals surface area contributed by atoms with Gasteiger partial charge in [0.05, 0.1) is 11.0 Å². The molecule has 0 saturated carbocycles. The molecule has 1 amide bonds. The summed E-state index contributed by atoms with van der Waals surface area (Å²) < 4.78 is 0. The molecule has 1 aliphatic rings. The van der Waals surface area contributed by atoms with E-state index >= 15 is 0 Å². The van der Waals surface area contributed by atoms with Gasteiger partial charge in [-0.25, -0.2) is 9.78 Å². The molecular weight excluding hydrogens is 270 g/mol. The van der Waals surface area contributed by atoms with Crippen LogP contribution in [0.3, 0.4) is 0 Å². The van der Waals surface area contributed by atoms with Crippen LogP contribution in [0.5, 0.6) is 0 Å². The number of aromatic amines is 1. The second kappa shape index (κ2) is 5.20. The summed E-state index contributed by atoms with van der Waals surface area (Å²) in [5, 5.41) is 9.18. The average Bonchev–Trinajstić information content (AvgIpc) is 3.11. The maximum absolute atomic E-state index is 12.5. The Morgan fingerprint density at radius 2 is 2.29 bits per heavy atom. The predicted molar refractivity (Wildman–Crippen MR) is 77.2 cm³/mol. The number of carboxylic acids is 1. The predicted octanol–water partition coefficient (Wildman–Crippen LogP) is 1.81. The summed E-state index contributed by atoms with van der Waals surface area (Å²) in [7, 11) is 0. The van der Waals surface area contributed by atoms with Gasteiger partial charge in [-0.05, 0) is 31.0 Å². The number of hydrogen-bond donors (Lipinski definition) is 2. The number of imidazole rings is 1. The Kier molecular flexibility index (Phi) is 3.37. The number of carbonyl (C=O) groups excluding carboxylic acids is 1. The number of aliphatic carboxylic acids is 1. The lowest BCUT2D eigenvalue weighted by Gasteiger charge is -2.21. The summed E-state index contributed by atoms with van der Waals surface area (Å²) >= 11 is 0. The van der Waals surface area contributed by atoms with Crippen LogP contribution in [-0.2, 0) is 11.2 Å². The van der Waals surface area contributed by atoms with E-state index in [2.05, 4.69) is 9.97 Å². The number of rotatable bonds is 3. The van der Waals surface area contributed by atoms with Crippen molar-refractivity contribution >= 4 is 22.9 Å². The number of fused-ring (bicyclic) bond motifs is 1. The average molecular weight is 287 g/mol. The van der Waals surface area contributed by atoms with Crippen LogP contribution in [0.4, 0.5) is 0 Å². The fourth-order valence-electron chi connectivity index (χ4n) is 2.80. The van der Waals surface area contributed by atoms with Gasteiger partial charge in [0.2, 0.25) is 0 Å². The minimum absolute atomic E-state index is 0.227. The lowest BCUT2D eigenvalue weighted by atomic mass is 10.1. The Morgan fingerprint density at radius 1 is 1.48 bits per heavy atom. The maximum atomic E-state index is 12.5. The molecule has 2 N–H and O–H groups in total. The summed E-state index contributed by atoms with van der Waals surface area (Å²) in [4.78, 5) is 32.7. The molecule has 6 nitrogen and oxygen atoms in total. The van der Waals surface area contributed by atoms with Gasteiger partial charge in [-0.15, -0.1) is 0 Å². The van der Waals surface area contributed by atoms with E-state index < -0.39 is 12.0 Å². The van der Waals surface area contributed by atoms with E-state index in [1.54, 1.807) is 18.2 Å². The van der Waals surface area contributed by atoms with Crippen LogP contribution in [-0.4, -0.2) is 44.4 Å². The third kappa shape index (κ3) is 2.37. The molecule has 1 fully saturated rings. The van der Waals surface area contributed by atoms with Crippen LogP contribution < -0.4 is 0 Å². The number of hydrogen-bond acceptors (Lipinski definition) is 3. The van der Waals surface area contributed by atoms with Crippen molar-refractivity contribution in [3.05, 3.63) is 29.6 Å². The van der Waals surface area contributed by atoms with Crippen molar-refractivity contribution in [1.29, 1.82) is 0 Å². The molecule has 2 aromatic rings. The highest BCUT2D eigenvalue weighted by molar-refractivity contribution is 5.99. The van der Waals surface area contributed by atoms with E-state index in [4.69, 9.17) is 0 Å². The van der Waals surface area contributed by atoms with Crippen molar-refractivity contribution in [2.45, 2.75) is 32.2 Å². The first-order valence-electron chi connectivity index (χ1n) is 7.12. The van der Waals surface area contributed by atoms with E-state index in [-0.39, 0.29) is 5.91 Å². The van der Waals surface area contributed by atoms with E-state index in [9.17, 15) is 14.7 Å². The largest absolute Gasteiger partial charge is 0.480 e. The van der Waals surface area contributed by atoms with Crippen molar-refractivity contribution in [1.82, 2.24) is 14.9 Å². The van der Waals surface area contributed by atoms with Gasteiger partial charge >= 0.3 is 5.97 Å². The van der Waals surface area contributed by atoms with Crippen molar-refractivity contribution in [3.63, 3.8) is 0 Å². The lowest BCUT2D eigenvalue weighted by Crippen LogP contribution is -2.40. The highest BCUT2D eigenvalue weighted by Crippen LogP contribution is 2.22. The number of benzene rings is 1. The van der Waals surface area contributed by atoms with Crippen LogP contribution in [0.25, 0.3) is 11.0 Å². The molecule has 0 aliphatic carbocycles. The molecule has 110 valence electrons. The summed E-state index contributed by atoms with van der Waals surface area (Å²) in [6.45, 7) is 2.50. The molecule has 1 aromatic carbocycles. The minimum Gasteiger partial charge on any atom is -0.480 e. The summed E-state index contributed by atoms with van der Waals surface area (Å²) in [5.74, 6) is -0.287. The second-order valence-electron chi connectivity index (χ2n) is 5.26. The minimum atomic E-state index is -0.934. The van der Waals surface area contributed by atoms with Gasteiger partial charge in [-0.2, -0.15) is 0 Å². The van der Waals surface area contributed by atoms with Gasteiger partial charge in [0.15, 0.2) is 0 Å². The molecular formula is C15H17N3O3. The van der Waals surface area contributed by atoms with Crippen LogP contribution >= 0.6 is 0 Å². The zero-order valence-electron chi connectivity index (χ0n) is 11.8. The number of carbonyl (C=O) groups is 2. The number of aryl methyl sites for hydroxylation is 1. The van der Waals surface area contributed by atoms with Gasteiger partial charge in [0.1, 0.15) is 11.9 Å². The normalized spacial score (nSPS) is 18.3. The first-order valence-corrected chi connectivity index (χ1v) is 7.12. The Hall–Kier alpha value is -2.37. The quantitative estimate of drug-likeness (QED) is 0.901. The van der Waals surface area contributed by atoms with Gasteiger partial charge in [0.25, 0.3) is 5.91 Å². The first-order chi connectivity index (χ1) is 10.1. The van der Waals surface area contributed by atoms with Gasteiger partial charge in [-0.1, -0.05) is 6.92 Å². The topological polar surface area (TPSA) is 86.3 Å². The third-order valence-electron chi connectivity index (χ3n) is 3.91. The SMILES string of the molecule is CCc1nc2ccc(C(=O)N3CCCC3C(=O)O)cc2[nH]1. The van der Waals surface area contributed by atoms with Crippen molar-refractivity contribution < 1.29 is 14.7 Å². The maximum Gasteiger partial charge on any atom is 0.326 e. The van der Waals surface area contributed by atoms with Crippen LogP contribution in [0, 0.1) is 0 Å². The van der Waals surface area contributed by atoms with Crippen LogP contribution in [0.2, 0.25) is 0 Å². The zero-order chi connectivity index (χ0) is 15.0. The fourth-order valence-corrected chi connectivity index (χ4v) is 2.80. The fraction of sp³-hybridized carbons (Fsp3) is 0.400. The second-order valence-corrected chi connectivity index (χ2v) is 5.26. The van der Waals surface area contributed by atoms with Gasteiger partial charge < -0.3 is 15.0 Å². The molecule has 21 heavy (non-hydrogen) atoms. The summed E-state index contributed by atoms with van der Waals surface area (Å²) in [6, 6.07) is 4.55. The molecule has 3 rings (SSSR count). The van der Waals surface area contributed by atoms with E-state index in [0.29, 0.717) is 18.5 Å². The number of aromatic nitrogens is 2. The van der Waals surface area contributed by atoms with Crippen LogP contribution in [0.15, 0.2) is 18.2 Å². The van der Waals surface area contributed by atoms with Crippen molar-refractivity contribution in [3.8, 4) is 0 Å². The van der Waals surface area contributed by atoms with E-state index in [0.717, 1.165) is 29.7 Å². The number of amides is 1. The number of H-pyrrole nitrogens is 1. The highest BCUT2D eigenvalue weighted by atomic mass is 16.4. The first kappa shape index (κ1) is 13.6. The highest BCUT2D eigenvalue weighted by Gasteiger charge is 2.34. The molecule has 2 heterocycles. The Balaban J connectivity index is 1.92. The van der Waals surface area contributed by atoms with Gasteiger partial charge in [0, 0.05) is 18.5 Å². The number of nitrogens with one attached hydrogen (secondary N) is 1. The monoisotopic (exact) mass is 287 g/mol. The van der Waals surface area contributed by atoms with E-state index in [1.807, 2.05) is 6.92 Å². The van der Waals surface area contributed by atoms with E-state index in [1.165, 1.54) is 4.90 Å². The molecule has 1 saturated heterocycles.